The smallest absolute Gasteiger partial charge is 0.0160 e. The molecule has 0 aromatic carbocycles. The number of hydrogen-bond donors (Lipinski definition) is 0. The van der Waals surface area contributed by atoms with Crippen molar-refractivity contribution in [3.05, 3.63) is 59.8 Å². The third-order valence-electron chi connectivity index (χ3n) is 2.22. The van der Waals surface area contributed by atoms with Crippen LogP contribution in [-0.4, -0.2) is 0 Å². The van der Waals surface area contributed by atoms with E-state index in [1.807, 2.05) is 13.0 Å². The van der Waals surface area contributed by atoms with E-state index < -0.39 is 0 Å². The van der Waals surface area contributed by atoms with E-state index in [4.69, 9.17) is 0 Å². The maximum Gasteiger partial charge on any atom is -0.0160 e. The van der Waals surface area contributed by atoms with Crippen molar-refractivity contribution < 1.29 is 0 Å². The van der Waals surface area contributed by atoms with Crippen molar-refractivity contribution in [2.45, 2.75) is 20.3 Å². The van der Waals surface area contributed by atoms with Gasteiger partial charge in [0.15, 0.2) is 0 Å². The number of hydrogen-bond acceptors (Lipinski definition) is 0. The van der Waals surface area contributed by atoms with Crippen molar-refractivity contribution in [2.75, 3.05) is 0 Å². The van der Waals surface area contributed by atoms with Gasteiger partial charge in [-0.2, -0.15) is 0 Å². The average Bonchev–Trinajstić information content (AvgIpc) is 2.26. The third-order valence-corrected chi connectivity index (χ3v) is 2.22. The lowest BCUT2D eigenvalue weighted by Crippen LogP contribution is -1.88. The molecule has 0 fully saturated rings. The Morgan fingerprint density at radius 1 is 1.54 bits per heavy atom. The highest BCUT2D eigenvalue weighted by Gasteiger charge is 2.05. The average molecular weight is 172 g/mol. The zero-order valence-electron chi connectivity index (χ0n) is 8.43. The van der Waals surface area contributed by atoms with Crippen LogP contribution in [0.15, 0.2) is 59.8 Å². The van der Waals surface area contributed by atoms with Crippen LogP contribution in [-0.2, 0) is 0 Å². The Kier molecular flexibility index (Phi) is 3.07. The van der Waals surface area contributed by atoms with E-state index >= 15 is 0 Å². The highest BCUT2D eigenvalue weighted by atomic mass is 14.1. The summed E-state index contributed by atoms with van der Waals surface area (Å²) in [4.78, 5) is 0. The summed E-state index contributed by atoms with van der Waals surface area (Å²) in [6.45, 7) is 12.0. The van der Waals surface area contributed by atoms with E-state index in [-0.39, 0.29) is 0 Å². The molecule has 0 N–H and O–H groups in total. The zero-order chi connectivity index (χ0) is 9.84. The van der Waals surface area contributed by atoms with Crippen LogP contribution in [0.5, 0.6) is 0 Å². The second-order valence-corrected chi connectivity index (χ2v) is 3.34. The minimum Gasteiger partial charge on any atom is -0.0984 e. The van der Waals surface area contributed by atoms with Crippen molar-refractivity contribution in [2.24, 2.45) is 0 Å². The van der Waals surface area contributed by atoms with Crippen LogP contribution in [0.3, 0.4) is 0 Å². The number of allylic oxidation sites excluding steroid dienone is 8. The van der Waals surface area contributed by atoms with E-state index in [1.165, 1.54) is 16.7 Å². The van der Waals surface area contributed by atoms with Crippen LogP contribution in [0.25, 0.3) is 0 Å². The zero-order valence-corrected chi connectivity index (χ0v) is 8.43. The van der Waals surface area contributed by atoms with E-state index in [2.05, 4.69) is 38.3 Å². The summed E-state index contributed by atoms with van der Waals surface area (Å²) in [6, 6.07) is 0. The van der Waals surface area contributed by atoms with E-state index in [0.29, 0.717) is 0 Å². The highest BCUT2D eigenvalue weighted by Crippen LogP contribution is 2.24. The van der Waals surface area contributed by atoms with Crippen molar-refractivity contribution in [1.82, 2.24) is 0 Å². The molecular weight excluding hydrogens is 156 g/mol. The SMILES string of the molecule is C=CC1=C(C(=C)C)C=CCC=C1C. The van der Waals surface area contributed by atoms with Gasteiger partial charge in [-0.1, -0.05) is 43.0 Å². The molecule has 0 spiro atoms. The Morgan fingerprint density at radius 2 is 2.23 bits per heavy atom. The molecule has 0 aliphatic heterocycles. The van der Waals surface area contributed by atoms with Crippen LogP contribution in [0, 0.1) is 0 Å². The largest absolute Gasteiger partial charge is 0.0984 e. The fourth-order valence-electron chi connectivity index (χ4n) is 1.49. The Hall–Kier alpha value is -1.30. The lowest BCUT2D eigenvalue weighted by Gasteiger charge is -2.07. The lowest BCUT2D eigenvalue weighted by atomic mass is 9.98. The van der Waals surface area contributed by atoms with Crippen LogP contribution in [0.4, 0.5) is 0 Å². The molecule has 0 amide bonds. The number of rotatable bonds is 2. The summed E-state index contributed by atoms with van der Waals surface area (Å²) < 4.78 is 0. The Balaban J connectivity index is 3.28. The fraction of sp³-hybridized carbons (Fsp3) is 0.231. The second-order valence-electron chi connectivity index (χ2n) is 3.34. The Labute approximate surface area is 80.7 Å². The van der Waals surface area contributed by atoms with Crippen LogP contribution in [0.2, 0.25) is 0 Å². The molecule has 13 heavy (non-hydrogen) atoms. The Morgan fingerprint density at radius 3 is 2.77 bits per heavy atom. The summed E-state index contributed by atoms with van der Waals surface area (Å²) >= 11 is 0. The van der Waals surface area contributed by atoms with Gasteiger partial charge in [-0.15, -0.1) is 0 Å². The first-order valence-electron chi connectivity index (χ1n) is 4.53. The van der Waals surface area contributed by atoms with Crippen LogP contribution in [0.1, 0.15) is 20.3 Å². The summed E-state index contributed by atoms with van der Waals surface area (Å²) in [5.74, 6) is 0. The maximum atomic E-state index is 3.97. The highest BCUT2D eigenvalue weighted by molar-refractivity contribution is 5.54. The van der Waals surface area contributed by atoms with Crippen molar-refractivity contribution in [3.63, 3.8) is 0 Å². The van der Waals surface area contributed by atoms with Gasteiger partial charge < -0.3 is 0 Å². The molecule has 1 rings (SSSR count). The summed E-state index contributed by atoms with van der Waals surface area (Å²) in [7, 11) is 0. The lowest BCUT2D eigenvalue weighted by molar-refractivity contribution is 1.31. The molecule has 0 radical (unpaired) electrons. The molecule has 0 heteroatoms. The predicted octanol–water partition coefficient (Wildman–Crippen LogP) is 3.95. The third kappa shape index (κ3) is 2.09. The standard InChI is InChI=1S/C13H16/c1-5-12-11(4)8-6-7-9-13(12)10(2)3/h5,7-9H,1-2,6H2,3-4H3. The molecule has 68 valence electrons. The summed E-state index contributed by atoms with van der Waals surface area (Å²) in [5.41, 5.74) is 4.81. The summed E-state index contributed by atoms with van der Waals surface area (Å²) in [6.07, 6.45) is 9.41. The monoisotopic (exact) mass is 172 g/mol. The van der Waals surface area contributed by atoms with Gasteiger partial charge in [0.25, 0.3) is 0 Å². The molecule has 0 aromatic heterocycles. The van der Waals surface area contributed by atoms with Crippen LogP contribution >= 0.6 is 0 Å². The predicted molar refractivity (Wildman–Crippen MR) is 59.6 cm³/mol. The molecular formula is C13H16. The minimum atomic E-state index is 1.000. The fourth-order valence-corrected chi connectivity index (χ4v) is 1.49. The summed E-state index contributed by atoms with van der Waals surface area (Å²) in [5, 5.41) is 0. The molecule has 0 saturated carbocycles. The van der Waals surface area contributed by atoms with E-state index in [1.54, 1.807) is 0 Å². The molecule has 0 unspecified atom stereocenters. The minimum absolute atomic E-state index is 1.000. The van der Waals surface area contributed by atoms with Gasteiger partial charge in [-0.3, -0.25) is 0 Å². The van der Waals surface area contributed by atoms with E-state index in [9.17, 15) is 0 Å². The normalized spacial score (nSPS) is 16.6. The molecule has 0 nitrogen and oxygen atoms in total. The van der Waals surface area contributed by atoms with Gasteiger partial charge in [0.1, 0.15) is 0 Å². The first-order valence-corrected chi connectivity index (χ1v) is 4.53. The second kappa shape index (κ2) is 4.08. The molecule has 1 aliphatic carbocycles. The topological polar surface area (TPSA) is 0 Å². The van der Waals surface area contributed by atoms with Crippen molar-refractivity contribution >= 4 is 0 Å². The van der Waals surface area contributed by atoms with Crippen molar-refractivity contribution in [3.8, 4) is 0 Å². The molecule has 0 saturated heterocycles. The van der Waals surface area contributed by atoms with Gasteiger partial charge >= 0.3 is 0 Å². The molecule has 0 bridgehead atoms. The Bertz CT molecular complexity index is 322. The van der Waals surface area contributed by atoms with Gasteiger partial charge in [0.05, 0.1) is 0 Å². The maximum absolute atomic E-state index is 3.97. The van der Waals surface area contributed by atoms with Gasteiger partial charge in [-0.05, 0) is 37.0 Å². The first kappa shape index (κ1) is 9.79. The molecule has 0 atom stereocenters. The van der Waals surface area contributed by atoms with Gasteiger partial charge in [-0.25, -0.2) is 0 Å². The van der Waals surface area contributed by atoms with Gasteiger partial charge in [0, 0.05) is 0 Å². The van der Waals surface area contributed by atoms with Crippen molar-refractivity contribution in [1.29, 1.82) is 0 Å². The molecule has 0 heterocycles. The molecule has 0 aromatic rings. The van der Waals surface area contributed by atoms with Crippen LogP contribution < -0.4 is 0 Å². The van der Waals surface area contributed by atoms with Gasteiger partial charge in [0.2, 0.25) is 0 Å². The van der Waals surface area contributed by atoms with E-state index in [0.717, 1.165) is 12.0 Å². The first-order chi connectivity index (χ1) is 6.16. The molecule has 1 aliphatic rings. The quantitative estimate of drug-likeness (QED) is 0.591.